The molecule has 1 unspecified atom stereocenters. The first kappa shape index (κ1) is 15.9. The molecule has 0 aliphatic carbocycles. The maximum Gasteiger partial charge on any atom is 0.338 e. The second-order valence-corrected chi connectivity index (χ2v) is 5.59. The van der Waals surface area contributed by atoms with Crippen molar-refractivity contribution in [1.29, 1.82) is 0 Å². The maximum absolute atomic E-state index is 11.7. The third-order valence-electron chi connectivity index (χ3n) is 2.52. The molecule has 0 fully saturated rings. The first-order valence-corrected chi connectivity index (χ1v) is 7.33. The molecule has 0 spiro atoms. The van der Waals surface area contributed by atoms with E-state index in [2.05, 4.69) is 34.8 Å². The standard InChI is InChI=1S/C14H18INO3/c1-3-5-10(2)16-13(17)9-19-14(18)11-6-4-7-12(15)8-11/h4,6-8,10H,3,5,9H2,1-2H3,(H,16,17). The molecule has 1 amide bonds. The molecule has 1 atom stereocenters. The van der Waals surface area contributed by atoms with Crippen molar-refractivity contribution < 1.29 is 14.3 Å². The van der Waals surface area contributed by atoms with Crippen LogP contribution in [0, 0.1) is 3.57 Å². The largest absolute Gasteiger partial charge is 0.452 e. The van der Waals surface area contributed by atoms with Crippen LogP contribution in [0.4, 0.5) is 0 Å². The molecular weight excluding hydrogens is 357 g/mol. The Morgan fingerprint density at radius 2 is 2.16 bits per heavy atom. The monoisotopic (exact) mass is 375 g/mol. The molecule has 0 bridgehead atoms. The predicted octanol–water partition coefficient (Wildman–Crippen LogP) is 2.75. The summed E-state index contributed by atoms with van der Waals surface area (Å²) in [5.41, 5.74) is 0.460. The molecule has 0 saturated carbocycles. The third kappa shape index (κ3) is 6.04. The lowest BCUT2D eigenvalue weighted by atomic mass is 10.2. The van der Waals surface area contributed by atoms with Crippen LogP contribution in [0.2, 0.25) is 0 Å². The van der Waals surface area contributed by atoms with E-state index in [1.54, 1.807) is 18.2 Å². The summed E-state index contributed by atoms with van der Waals surface area (Å²) in [6.07, 6.45) is 1.92. The van der Waals surface area contributed by atoms with Crippen molar-refractivity contribution >= 4 is 34.5 Å². The SMILES string of the molecule is CCCC(C)NC(=O)COC(=O)c1cccc(I)c1. The summed E-state index contributed by atoms with van der Waals surface area (Å²) in [6, 6.07) is 7.16. The minimum atomic E-state index is -0.475. The zero-order valence-electron chi connectivity index (χ0n) is 11.1. The van der Waals surface area contributed by atoms with Gasteiger partial charge in [-0.05, 0) is 54.1 Å². The molecule has 1 aromatic rings. The van der Waals surface area contributed by atoms with Crippen molar-refractivity contribution in [2.24, 2.45) is 0 Å². The van der Waals surface area contributed by atoms with Crippen LogP contribution in [0.3, 0.4) is 0 Å². The van der Waals surface area contributed by atoms with Gasteiger partial charge in [-0.15, -0.1) is 0 Å². The summed E-state index contributed by atoms with van der Waals surface area (Å²) in [5, 5.41) is 2.78. The fourth-order valence-corrected chi connectivity index (χ4v) is 2.19. The highest BCUT2D eigenvalue weighted by atomic mass is 127. The van der Waals surface area contributed by atoms with Gasteiger partial charge in [0.05, 0.1) is 5.56 Å². The molecule has 0 aromatic heterocycles. The molecule has 0 saturated heterocycles. The topological polar surface area (TPSA) is 55.4 Å². The molecule has 104 valence electrons. The second-order valence-electron chi connectivity index (χ2n) is 4.34. The van der Waals surface area contributed by atoms with Crippen molar-refractivity contribution in [1.82, 2.24) is 5.32 Å². The average Bonchev–Trinajstić information content (AvgIpc) is 2.36. The van der Waals surface area contributed by atoms with Crippen molar-refractivity contribution in [2.75, 3.05) is 6.61 Å². The summed E-state index contributed by atoms with van der Waals surface area (Å²) in [4.78, 5) is 23.2. The van der Waals surface area contributed by atoms with Crippen LogP contribution in [0.1, 0.15) is 37.0 Å². The number of halogens is 1. The van der Waals surface area contributed by atoms with Gasteiger partial charge in [-0.3, -0.25) is 4.79 Å². The Kier molecular flexibility index (Phi) is 6.83. The van der Waals surface area contributed by atoms with Crippen molar-refractivity contribution in [3.8, 4) is 0 Å². The lowest BCUT2D eigenvalue weighted by Crippen LogP contribution is -2.35. The Bertz CT molecular complexity index is 448. The number of benzene rings is 1. The van der Waals surface area contributed by atoms with Gasteiger partial charge in [0, 0.05) is 9.61 Å². The van der Waals surface area contributed by atoms with Crippen molar-refractivity contribution in [3.05, 3.63) is 33.4 Å². The van der Waals surface area contributed by atoms with Crippen molar-refractivity contribution in [2.45, 2.75) is 32.7 Å². The highest BCUT2D eigenvalue weighted by Crippen LogP contribution is 2.08. The van der Waals surface area contributed by atoms with E-state index in [1.807, 2.05) is 13.0 Å². The molecule has 1 aromatic carbocycles. The average molecular weight is 375 g/mol. The molecule has 19 heavy (non-hydrogen) atoms. The second kappa shape index (κ2) is 8.14. The number of nitrogens with one attached hydrogen (secondary N) is 1. The summed E-state index contributed by atoms with van der Waals surface area (Å²) in [5.74, 6) is -0.739. The van der Waals surface area contributed by atoms with E-state index in [0.29, 0.717) is 5.56 Å². The number of carbonyl (C=O) groups is 2. The van der Waals surface area contributed by atoms with Crippen LogP contribution in [0.5, 0.6) is 0 Å². The van der Waals surface area contributed by atoms with E-state index in [9.17, 15) is 9.59 Å². The van der Waals surface area contributed by atoms with Crippen LogP contribution in [0.25, 0.3) is 0 Å². The van der Waals surface area contributed by atoms with Crippen LogP contribution in [0.15, 0.2) is 24.3 Å². The van der Waals surface area contributed by atoms with Gasteiger partial charge in [0.1, 0.15) is 0 Å². The molecule has 4 nitrogen and oxygen atoms in total. The fourth-order valence-electron chi connectivity index (χ4n) is 1.65. The number of rotatable bonds is 6. The number of hydrogen-bond acceptors (Lipinski definition) is 3. The van der Waals surface area contributed by atoms with E-state index >= 15 is 0 Å². The number of hydrogen-bond donors (Lipinski definition) is 1. The Balaban J connectivity index is 2.40. The van der Waals surface area contributed by atoms with Gasteiger partial charge in [-0.2, -0.15) is 0 Å². The fraction of sp³-hybridized carbons (Fsp3) is 0.429. The van der Waals surface area contributed by atoms with Gasteiger partial charge in [0.15, 0.2) is 6.61 Å². The zero-order valence-corrected chi connectivity index (χ0v) is 13.3. The maximum atomic E-state index is 11.7. The van der Waals surface area contributed by atoms with Gasteiger partial charge in [-0.1, -0.05) is 19.4 Å². The summed E-state index contributed by atoms with van der Waals surface area (Å²) >= 11 is 2.12. The van der Waals surface area contributed by atoms with E-state index < -0.39 is 5.97 Å². The smallest absolute Gasteiger partial charge is 0.338 e. The lowest BCUT2D eigenvalue weighted by molar-refractivity contribution is -0.124. The lowest BCUT2D eigenvalue weighted by Gasteiger charge is -2.12. The van der Waals surface area contributed by atoms with Gasteiger partial charge >= 0.3 is 5.97 Å². The van der Waals surface area contributed by atoms with E-state index in [-0.39, 0.29) is 18.6 Å². The molecule has 1 N–H and O–H groups in total. The molecule has 1 rings (SSSR count). The molecule has 0 heterocycles. The summed E-state index contributed by atoms with van der Waals surface area (Å²) in [7, 11) is 0. The zero-order chi connectivity index (χ0) is 14.3. The number of esters is 1. The third-order valence-corrected chi connectivity index (χ3v) is 3.19. The Morgan fingerprint density at radius 1 is 1.42 bits per heavy atom. The number of ether oxygens (including phenoxy) is 1. The molecule has 0 radical (unpaired) electrons. The normalized spacial score (nSPS) is 11.7. The van der Waals surface area contributed by atoms with E-state index in [1.165, 1.54) is 0 Å². The van der Waals surface area contributed by atoms with Gasteiger partial charge in [0.2, 0.25) is 0 Å². The molecule has 0 aliphatic heterocycles. The van der Waals surface area contributed by atoms with E-state index in [0.717, 1.165) is 16.4 Å². The minimum Gasteiger partial charge on any atom is -0.452 e. The van der Waals surface area contributed by atoms with Crippen LogP contribution >= 0.6 is 22.6 Å². The molecule has 0 aliphatic rings. The first-order valence-electron chi connectivity index (χ1n) is 6.25. The summed E-state index contributed by atoms with van der Waals surface area (Å²) < 4.78 is 5.92. The summed E-state index contributed by atoms with van der Waals surface area (Å²) in [6.45, 7) is 3.75. The van der Waals surface area contributed by atoms with E-state index in [4.69, 9.17) is 4.74 Å². The molecule has 5 heteroatoms. The quantitative estimate of drug-likeness (QED) is 0.615. The van der Waals surface area contributed by atoms with Crippen LogP contribution in [-0.2, 0) is 9.53 Å². The Morgan fingerprint density at radius 3 is 2.79 bits per heavy atom. The highest BCUT2D eigenvalue weighted by Gasteiger charge is 2.11. The van der Waals surface area contributed by atoms with Gasteiger partial charge in [0.25, 0.3) is 5.91 Å². The molecular formula is C14H18INO3. The number of carbonyl (C=O) groups excluding carboxylic acids is 2. The first-order chi connectivity index (χ1) is 9.02. The Labute approximate surface area is 127 Å². The van der Waals surface area contributed by atoms with Crippen LogP contribution in [-0.4, -0.2) is 24.5 Å². The highest BCUT2D eigenvalue weighted by molar-refractivity contribution is 14.1. The van der Waals surface area contributed by atoms with Gasteiger partial charge < -0.3 is 10.1 Å². The predicted molar refractivity (Wildman–Crippen MR) is 82.0 cm³/mol. The Hall–Kier alpha value is -1.11. The van der Waals surface area contributed by atoms with Crippen molar-refractivity contribution in [3.63, 3.8) is 0 Å². The minimum absolute atomic E-state index is 0.105. The van der Waals surface area contributed by atoms with Crippen LogP contribution < -0.4 is 5.32 Å². The van der Waals surface area contributed by atoms with Gasteiger partial charge in [-0.25, -0.2) is 4.79 Å². The number of amides is 1.